The summed E-state index contributed by atoms with van der Waals surface area (Å²) in [5, 5.41) is 0. The third kappa shape index (κ3) is 6.48. The summed E-state index contributed by atoms with van der Waals surface area (Å²) in [4.78, 5) is 0. The maximum absolute atomic E-state index is 10.1. The van der Waals surface area contributed by atoms with Gasteiger partial charge in [0.05, 0.1) is 6.61 Å². The predicted molar refractivity (Wildman–Crippen MR) is 65.0 cm³/mol. The predicted octanol–water partition coefficient (Wildman–Crippen LogP) is 3.48. The molecule has 1 rings (SSSR count). The van der Waals surface area contributed by atoms with E-state index < -0.39 is 8.69 Å². The molecule has 0 spiro atoms. The Bertz CT molecular complexity index is 262. The molecule has 0 saturated carbocycles. The minimum absolute atomic E-state index is 0.657. The minimum Gasteiger partial charge on any atom is -0.332 e. The molecule has 0 heterocycles. The molecule has 0 aliphatic carbocycles. The van der Waals surface area contributed by atoms with Crippen LogP contribution >= 0.6 is 8.69 Å². The van der Waals surface area contributed by atoms with Gasteiger partial charge in [-0.3, -0.25) is 4.57 Å². The van der Waals surface area contributed by atoms with Gasteiger partial charge >= 0.3 is 0 Å². The second-order valence-corrected chi connectivity index (χ2v) is 4.14. The van der Waals surface area contributed by atoms with Crippen LogP contribution in [-0.2, 0) is 15.5 Å². The number of unbranched alkanes of at least 4 members (excludes halogenated alkanes) is 3. The Hall–Kier alpha value is -0.590. The van der Waals surface area contributed by atoms with Crippen molar-refractivity contribution < 1.29 is 9.09 Å². The lowest BCUT2D eigenvalue weighted by Gasteiger charge is -2.01. The quantitative estimate of drug-likeness (QED) is 0.501. The molecule has 3 heteroatoms. The highest BCUT2D eigenvalue weighted by molar-refractivity contribution is 7.17. The summed E-state index contributed by atoms with van der Waals surface area (Å²) in [6, 6.07) is 10.6. The molecule has 0 bridgehead atoms. The first-order valence-corrected chi connectivity index (χ1v) is 6.47. The summed E-state index contributed by atoms with van der Waals surface area (Å²) in [5.41, 5.74) is 1.41. The fourth-order valence-electron chi connectivity index (χ4n) is 1.56. The number of rotatable bonds is 8. The molecule has 1 aromatic rings. The van der Waals surface area contributed by atoms with Crippen molar-refractivity contribution in [3.63, 3.8) is 0 Å². The van der Waals surface area contributed by atoms with Crippen LogP contribution in [0, 0.1) is 0 Å². The monoisotopic (exact) mass is 226 g/mol. The molecular formula is C12H19O2P. The molecule has 0 aromatic heterocycles. The molecule has 1 atom stereocenters. The first-order valence-electron chi connectivity index (χ1n) is 5.52. The van der Waals surface area contributed by atoms with Crippen LogP contribution in [0.4, 0.5) is 0 Å². The Kier molecular flexibility index (Phi) is 7.24. The number of hydrogen-bond acceptors (Lipinski definition) is 2. The summed E-state index contributed by atoms with van der Waals surface area (Å²) in [6.07, 6.45) is 5.82. The Morgan fingerprint density at radius 3 is 2.47 bits per heavy atom. The van der Waals surface area contributed by atoms with Gasteiger partial charge in [-0.15, -0.1) is 0 Å². The van der Waals surface area contributed by atoms with Crippen molar-refractivity contribution in [3.05, 3.63) is 35.9 Å². The molecule has 1 aromatic carbocycles. The van der Waals surface area contributed by atoms with Gasteiger partial charge in [-0.2, -0.15) is 0 Å². The molecule has 0 amide bonds. The van der Waals surface area contributed by atoms with Crippen molar-refractivity contribution in [1.29, 1.82) is 0 Å². The third-order valence-corrected chi connectivity index (χ3v) is 2.76. The Balaban J connectivity index is 1.95. The van der Waals surface area contributed by atoms with E-state index in [2.05, 4.69) is 24.3 Å². The van der Waals surface area contributed by atoms with Gasteiger partial charge in [0, 0.05) is 0 Å². The topological polar surface area (TPSA) is 26.3 Å². The molecule has 0 aliphatic heterocycles. The Morgan fingerprint density at radius 1 is 1.00 bits per heavy atom. The summed E-state index contributed by atoms with van der Waals surface area (Å²) in [6.45, 7) is 0.657. The maximum Gasteiger partial charge on any atom is 0.179 e. The van der Waals surface area contributed by atoms with E-state index >= 15 is 0 Å². The molecule has 84 valence electrons. The molecule has 0 fully saturated rings. The number of aryl methyl sites for hydroxylation is 1. The fraction of sp³-hybridized carbons (Fsp3) is 0.500. The number of benzene rings is 1. The van der Waals surface area contributed by atoms with Gasteiger partial charge < -0.3 is 4.52 Å². The first kappa shape index (κ1) is 12.5. The van der Waals surface area contributed by atoms with Gasteiger partial charge in [0.2, 0.25) is 0 Å². The lowest BCUT2D eigenvalue weighted by Crippen LogP contribution is -1.88. The SMILES string of the molecule is O=[PH2]OCCCCCCc1ccccc1. The van der Waals surface area contributed by atoms with E-state index in [-0.39, 0.29) is 0 Å². The van der Waals surface area contributed by atoms with Crippen molar-refractivity contribution in [1.82, 2.24) is 0 Å². The van der Waals surface area contributed by atoms with Crippen molar-refractivity contribution in [2.45, 2.75) is 32.1 Å². The van der Waals surface area contributed by atoms with Gasteiger partial charge in [0.1, 0.15) is 0 Å². The molecule has 2 nitrogen and oxygen atoms in total. The fourth-order valence-corrected chi connectivity index (χ4v) is 1.82. The second kappa shape index (κ2) is 8.70. The molecule has 0 saturated heterocycles. The highest BCUT2D eigenvalue weighted by Gasteiger charge is 1.92. The average molecular weight is 226 g/mol. The van der Waals surface area contributed by atoms with Crippen molar-refractivity contribution >= 4 is 8.69 Å². The Labute approximate surface area is 92.9 Å². The third-order valence-electron chi connectivity index (χ3n) is 2.39. The zero-order chi connectivity index (χ0) is 10.8. The van der Waals surface area contributed by atoms with Crippen LogP contribution in [0.15, 0.2) is 30.3 Å². The lowest BCUT2D eigenvalue weighted by molar-refractivity contribution is 0.328. The highest BCUT2D eigenvalue weighted by Crippen LogP contribution is 2.08. The summed E-state index contributed by atoms with van der Waals surface area (Å²) in [7, 11) is -1.01. The average Bonchev–Trinajstić information content (AvgIpc) is 2.29. The van der Waals surface area contributed by atoms with E-state index in [1.807, 2.05) is 6.07 Å². The van der Waals surface area contributed by atoms with Gasteiger partial charge in [0.15, 0.2) is 8.69 Å². The van der Waals surface area contributed by atoms with Crippen molar-refractivity contribution in [2.75, 3.05) is 6.61 Å². The van der Waals surface area contributed by atoms with E-state index in [0.29, 0.717) is 6.61 Å². The molecule has 0 N–H and O–H groups in total. The van der Waals surface area contributed by atoms with E-state index in [4.69, 9.17) is 4.52 Å². The molecule has 0 radical (unpaired) electrons. The van der Waals surface area contributed by atoms with Crippen LogP contribution in [0.25, 0.3) is 0 Å². The normalized spacial score (nSPS) is 11.2. The van der Waals surface area contributed by atoms with Crippen LogP contribution in [0.3, 0.4) is 0 Å². The molecule has 0 aliphatic rings. The van der Waals surface area contributed by atoms with Crippen LogP contribution in [0.5, 0.6) is 0 Å². The van der Waals surface area contributed by atoms with Gasteiger partial charge in [0.25, 0.3) is 0 Å². The lowest BCUT2D eigenvalue weighted by atomic mass is 10.1. The summed E-state index contributed by atoms with van der Waals surface area (Å²) in [5.74, 6) is 0. The standard InChI is InChI=1S/C12H19O2P/c13-15-14-11-7-2-1-4-8-12-9-5-3-6-10-12/h3,5-6,9-10H,1-2,4,7-8,11,15H2. The van der Waals surface area contributed by atoms with E-state index in [0.717, 1.165) is 12.8 Å². The van der Waals surface area contributed by atoms with Gasteiger partial charge in [-0.1, -0.05) is 43.2 Å². The van der Waals surface area contributed by atoms with Crippen LogP contribution < -0.4 is 0 Å². The molecule has 1 unspecified atom stereocenters. The summed E-state index contributed by atoms with van der Waals surface area (Å²) < 4.78 is 14.9. The molecule has 15 heavy (non-hydrogen) atoms. The van der Waals surface area contributed by atoms with Gasteiger partial charge in [-0.25, -0.2) is 0 Å². The zero-order valence-electron chi connectivity index (χ0n) is 9.02. The van der Waals surface area contributed by atoms with E-state index in [1.54, 1.807) is 0 Å². The Morgan fingerprint density at radius 2 is 1.73 bits per heavy atom. The largest absolute Gasteiger partial charge is 0.332 e. The second-order valence-electron chi connectivity index (χ2n) is 3.62. The van der Waals surface area contributed by atoms with Crippen LogP contribution in [0.2, 0.25) is 0 Å². The van der Waals surface area contributed by atoms with E-state index in [9.17, 15) is 4.57 Å². The maximum atomic E-state index is 10.1. The van der Waals surface area contributed by atoms with Crippen LogP contribution in [0.1, 0.15) is 31.2 Å². The first-order chi connectivity index (χ1) is 7.43. The van der Waals surface area contributed by atoms with Crippen molar-refractivity contribution in [2.24, 2.45) is 0 Å². The summed E-state index contributed by atoms with van der Waals surface area (Å²) >= 11 is 0. The smallest absolute Gasteiger partial charge is 0.179 e. The van der Waals surface area contributed by atoms with Crippen molar-refractivity contribution in [3.8, 4) is 0 Å². The highest BCUT2D eigenvalue weighted by atomic mass is 31.1. The number of hydrogen-bond donors (Lipinski definition) is 0. The van der Waals surface area contributed by atoms with Gasteiger partial charge in [-0.05, 0) is 24.8 Å². The minimum atomic E-state index is -1.01. The molecular weight excluding hydrogens is 207 g/mol. The van der Waals surface area contributed by atoms with E-state index in [1.165, 1.54) is 24.8 Å². The van der Waals surface area contributed by atoms with Crippen LogP contribution in [-0.4, -0.2) is 6.61 Å². The zero-order valence-corrected chi connectivity index (χ0v) is 10.2.